The molecule has 0 aliphatic carbocycles. The molecule has 9 nitrogen and oxygen atoms in total. The number of carbonyl (C=O) groups excluding carboxylic acids is 2. The van der Waals surface area contributed by atoms with Gasteiger partial charge in [0.25, 0.3) is 11.5 Å². The highest BCUT2D eigenvalue weighted by atomic mass is 16.2. The van der Waals surface area contributed by atoms with Gasteiger partial charge in [0.1, 0.15) is 0 Å². The van der Waals surface area contributed by atoms with Crippen molar-refractivity contribution >= 4 is 40.0 Å². The summed E-state index contributed by atoms with van der Waals surface area (Å²) in [5, 5.41) is 11.1. The average Bonchev–Trinajstić information content (AvgIpc) is 3.03. The van der Waals surface area contributed by atoms with Crippen molar-refractivity contribution in [3.8, 4) is 0 Å². The van der Waals surface area contributed by atoms with Crippen molar-refractivity contribution in [3.63, 3.8) is 0 Å². The molecule has 0 aliphatic rings. The lowest BCUT2D eigenvalue weighted by molar-refractivity contribution is 0.102. The molecular weight excluding hydrogens is 396 g/mol. The molecule has 4 N–H and O–H groups in total. The Morgan fingerprint density at radius 1 is 0.903 bits per heavy atom. The summed E-state index contributed by atoms with van der Waals surface area (Å²) in [6.07, 6.45) is 0. The number of aromatic nitrogens is 3. The molecule has 2 aromatic carbocycles. The van der Waals surface area contributed by atoms with E-state index in [2.05, 4.69) is 26.0 Å². The maximum atomic E-state index is 12.8. The Hall–Kier alpha value is -4.40. The van der Waals surface area contributed by atoms with Crippen LogP contribution in [0.1, 0.15) is 16.1 Å². The Morgan fingerprint density at radius 2 is 1.48 bits per heavy atom. The summed E-state index contributed by atoms with van der Waals surface area (Å²) in [4.78, 5) is 41.5. The number of amides is 3. The van der Waals surface area contributed by atoms with Crippen LogP contribution in [0.4, 0.5) is 21.9 Å². The molecule has 2 heterocycles. The lowest BCUT2D eigenvalue weighted by atomic mass is 10.1. The Bertz CT molecular complexity index is 1320. The summed E-state index contributed by atoms with van der Waals surface area (Å²) >= 11 is 0. The first-order chi connectivity index (χ1) is 14.9. The number of benzene rings is 2. The van der Waals surface area contributed by atoms with Crippen molar-refractivity contribution < 1.29 is 9.59 Å². The number of hydrogen-bond acceptors (Lipinski definition) is 4. The summed E-state index contributed by atoms with van der Waals surface area (Å²) < 4.78 is 1.49. The number of nitrogens with zero attached hydrogens (tertiary/aromatic N) is 2. The fourth-order valence-electron chi connectivity index (χ4n) is 3.21. The summed E-state index contributed by atoms with van der Waals surface area (Å²) in [7, 11) is 1.66. The number of urea groups is 1. The SMILES string of the molecule is Cc1cc(C(=O)Nc2ccc(NC(=O)Nc3ccccc3)cc2)c2c(=O)[nH]n(C)c2n1. The number of fused-ring (bicyclic) bond motifs is 1. The third-order valence-electron chi connectivity index (χ3n) is 4.62. The molecule has 0 aliphatic heterocycles. The minimum absolute atomic E-state index is 0.237. The normalized spacial score (nSPS) is 10.6. The standard InChI is InChI=1S/C22H20N6O3/c1-13-12-17(18-19(23-13)28(2)27-21(18)30)20(29)24-15-8-10-16(11-9-15)26-22(31)25-14-6-4-3-5-7-14/h3-12H,1-2H3,(H,24,29)(H,27,30)(H2,25,26,31). The second-order valence-electron chi connectivity index (χ2n) is 6.99. The molecule has 0 bridgehead atoms. The largest absolute Gasteiger partial charge is 0.323 e. The van der Waals surface area contributed by atoms with E-state index < -0.39 is 5.91 Å². The highest BCUT2D eigenvalue weighted by Crippen LogP contribution is 2.18. The minimum Gasteiger partial charge on any atom is -0.322 e. The van der Waals surface area contributed by atoms with Crippen molar-refractivity contribution in [1.82, 2.24) is 14.8 Å². The summed E-state index contributed by atoms with van der Waals surface area (Å²) in [5.41, 5.74) is 2.67. The van der Waals surface area contributed by atoms with Crippen LogP contribution in [0.2, 0.25) is 0 Å². The number of aromatic amines is 1. The Kier molecular flexibility index (Phi) is 5.23. The van der Waals surface area contributed by atoms with E-state index in [0.29, 0.717) is 28.4 Å². The first kappa shape index (κ1) is 19.9. The third kappa shape index (κ3) is 4.30. The number of carbonyl (C=O) groups is 2. The molecule has 0 spiro atoms. The summed E-state index contributed by atoms with van der Waals surface area (Å²) in [5.74, 6) is -0.422. The molecule has 0 fully saturated rings. The molecule has 3 amide bonds. The van der Waals surface area contributed by atoms with Crippen molar-refractivity contribution in [3.05, 3.63) is 82.3 Å². The first-order valence-corrected chi connectivity index (χ1v) is 9.51. The second-order valence-corrected chi connectivity index (χ2v) is 6.99. The van der Waals surface area contributed by atoms with Crippen LogP contribution in [0.5, 0.6) is 0 Å². The van der Waals surface area contributed by atoms with E-state index in [1.807, 2.05) is 18.2 Å². The Balaban J connectivity index is 1.47. The van der Waals surface area contributed by atoms with Crippen LogP contribution in [0.25, 0.3) is 11.0 Å². The van der Waals surface area contributed by atoms with Crippen LogP contribution >= 0.6 is 0 Å². The number of anilines is 3. The van der Waals surface area contributed by atoms with E-state index in [4.69, 9.17) is 0 Å². The molecular formula is C22H20N6O3. The van der Waals surface area contributed by atoms with Crippen molar-refractivity contribution in [2.24, 2.45) is 7.05 Å². The van der Waals surface area contributed by atoms with E-state index in [1.165, 1.54) is 4.68 Å². The monoisotopic (exact) mass is 416 g/mol. The molecule has 0 unspecified atom stereocenters. The van der Waals surface area contributed by atoms with E-state index in [1.54, 1.807) is 56.4 Å². The van der Waals surface area contributed by atoms with Gasteiger partial charge in [-0.15, -0.1) is 0 Å². The maximum Gasteiger partial charge on any atom is 0.323 e. The quantitative estimate of drug-likeness (QED) is 0.407. The van der Waals surface area contributed by atoms with Crippen LogP contribution in [0.15, 0.2) is 65.5 Å². The number of pyridine rings is 1. The Morgan fingerprint density at radius 3 is 2.13 bits per heavy atom. The minimum atomic E-state index is -0.422. The van der Waals surface area contributed by atoms with Gasteiger partial charge in [-0.25, -0.2) is 9.78 Å². The predicted molar refractivity (Wildman–Crippen MR) is 120 cm³/mol. The molecule has 31 heavy (non-hydrogen) atoms. The van der Waals surface area contributed by atoms with Crippen LogP contribution in [-0.2, 0) is 7.05 Å². The molecule has 4 rings (SSSR count). The van der Waals surface area contributed by atoms with Gasteiger partial charge < -0.3 is 16.0 Å². The summed E-state index contributed by atoms with van der Waals surface area (Å²) in [6, 6.07) is 17.0. The first-order valence-electron chi connectivity index (χ1n) is 9.51. The molecule has 0 radical (unpaired) electrons. The van der Waals surface area contributed by atoms with E-state index in [0.717, 1.165) is 0 Å². The zero-order chi connectivity index (χ0) is 22.0. The lowest BCUT2D eigenvalue weighted by Gasteiger charge is -2.10. The van der Waals surface area contributed by atoms with Crippen molar-refractivity contribution in [1.29, 1.82) is 0 Å². The number of para-hydroxylation sites is 1. The van der Waals surface area contributed by atoms with Crippen LogP contribution in [-0.4, -0.2) is 26.7 Å². The number of hydrogen-bond donors (Lipinski definition) is 4. The zero-order valence-electron chi connectivity index (χ0n) is 16.9. The smallest absolute Gasteiger partial charge is 0.322 e. The number of aryl methyl sites for hydroxylation is 2. The van der Waals surface area contributed by atoms with Crippen LogP contribution in [0.3, 0.4) is 0 Å². The van der Waals surface area contributed by atoms with Crippen LogP contribution in [0, 0.1) is 6.92 Å². The topological polar surface area (TPSA) is 121 Å². The molecule has 0 saturated heterocycles. The molecule has 2 aromatic heterocycles. The van der Waals surface area contributed by atoms with Gasteiger partial charge in [-0.1, -0.05) is 18.2 Å². The van der Waals surface area contributed by atoms with Gasteiger partial charge >= 0.3 is 6.03 Å². The van der Waals surface area contributed by atoms with E-state index in [-0.39, 0.29) is 22.5 Å². The van der Waals surface area contributed by atoms with Gasteiger partial charge in [-0.3, -0.25) is 19.4 Å². The fourth-order valence-corrected chi connectivity index (χ4v) is 3.21. The third-order valence-corrected chi connectivity index (χ3v) is 4.62. The van der Waals surface area contributed by atoms with Gasteiger partial charge in [0.05, 0.1) is 10.9 Å². The fraction of sp³-hybridized carbons (Fsp3) is 0.0909. The second kappa shape index (κ2) is 8.15. The highest BCUT2D eigenvalue weighted by molar-refractivity contribution is 6.12. The van der Waals surface area contributed by atoms with Gasteiger partial charge in [0.2, 0.25) is 0 Å². The van der Waals surface area contributed by atoms with Gasteiger partial charge in [-0.05, 0) is 49.4 Å². The molecule has 4 aromatic rings. The van der Waals surface area contributed by atoms with Gasteiger partial charge in [-0.2, -0.15) is 0 Å². The van der Waals surface area contributed by atoms with E-state index >= 15 is 0 Å². The van der Waals surface area contributed by atoms with Crippen molar-refractivity contribution in [2.75, 3.05) is 16.0 Å². The van der Waals surface area contributed by atoms with Crippen molar-refractivity contribution in [2.45, 2.75) is 6.92 Å². The average molecular weight is 416 g/mol. The van der Waals surface area contributed by atoms with Gasteiger partial charge in [0, 0.05) is 29.8 Å². The van der Waals surface area contributed by atoms with Gasteiger partial charge in [0.15, 0.2) is 5.65 Å². The number of rotatable bonds is 4. The highest BCUT2D eigenvalue weighted by Gasteiger charge is 2.18. The number of nitrogens with one attached hydrogen (secondary N) is 4. The number of H-pyrrole nitrogens is 1. The lowest BCUT2D eigenvalue weighted by Crippen LogP contribution is -2.19. The molecule has 0 saturated carbocycles. The molecule has 9 heteroatoms. The maximum absolute atomic E-state index is 12.8. The van der Waals surface area contributed by atoms with E-state index in [9.17, 15) is 14.4 Å². The predicted octanol–water partition coefficient (Wildman–Crippen LogP) is 3.47. The molecule has 156 valence electrons. The Labute approximate surface area is 177 Å². The molecule has 0 atom stereocenters. The zero-order valence-corrected chi connectivity index (χ0v) is 16.9. The van der Waals surface area contributed by atoms with Crippen LogP contribution < -0.4 is 21.5 Å². The summed E-state index contributed by atoms with van der Waals surface area (Å²) in [6.45, 7) is 1.76.